The molecule has 8 heteroatoms. The van der Waals surface area contributed by atoms with E-state index in [4.69, 9.17) is 16.0 Å². The molecule has 24 heavy (non-hydrogen) atoms. The first kappa shape index (κ1) is 16.9. The van der Waals surface area contributed by atoms with Gasteiger partial charge in [-0.1, -0.05) is 11.6 Å². The number of hydrogen-bond acceptors (Lipinski definition) is 5. The summed E-state index contributed by atoms with van der Waals surface area (Å²) in [5.41, 5.74) is 1.48. The lowest BCUT2D eigenvalue weighted by molar-refractivity contribution is -0.124. The van der Waals surface area contributed by atoms with Crippen molar-refractivity contribution in [2.24, 2.45) is 0 Å². The van der Waals surface area contributed by atoms with E-state index in [2.05, 4.69) is 15.6 Å². The molecule has 0 fully saturated rings. The lowest BCUT2D eigenvalue weighted by atomic mass is 10.2. The van der Waals surface area contributed by atoms with Crippen LogP contribution in [-0.4, -0.2) is 22.0 Å². The molecule has 1 aromatic heterocycles. The zero-order valence-electron chi connectivity index (χ0n) is 13.2. The molecule has 1 aliphatic heterocycles. The fourth-order valence-corrected chi connectivity index (χ4v) is 3.55. The van der Waals surface area contributed by atoms with Crippen LogP contribution in [-0.2, 0) is 16.1 Å². The number of halogens is 1. The van der Waals surface area contributed by atoms with Gasteiger partial charge in [0.05, 0.1) is 23.2 Å². The predicted octanol–water partition coefficient (Wildman–Crippen LogP) is 3.06. The summed E-state index contributed by atoms with van der Waals surface area (Å²) in [6.07, 6.45) is 0.0806. The van der Waals surface area contributed by atoms with Crippen LogP contribution in [0.15, 0.2) is 27.5 Å². The highest BCUT2D eigenvalue weighted by Crippen LogP contribution is 2.38. The molecule has 126 valence electrons. The van der Waals surface area contributed by atoms with E-state index in [-0.39, 0.29) is 24.8 Å². The Morgan fingerprint density at radius 3 is 2.96 bits per heavy atom. The number of amides is 2. The summed E-state index contributed by atoms with van der Waals surface area (Å²) in [4.78, 5) is 29.3. The maximum absolute atomic E-state index is 12.1. The maximum Gasteiger partial charge on any atom is 0.238 e. The zero-order valence-corrected chi connectivity index (χ0v) is 14.8. The number of thioether (sulfide) groups is 1. The summed E-state index contributed by atoms with van der Waals surface area (Å²) in [5, 5.41) is 5.59. The van der Waals surface area contributed by atoms with Gasteiger partial charge in [-0.2, -0.15) is 0 Å². The number of fused-ring (bicyclic) bond motifs is 1. The average molecular weight is 366 g/mol. The van der Waals surface area contributed by atoms with E-state index in [9.17, 15) is 9.59 Å². The Balaban J connectivity index is 1.58. The van der Waals surface area contributed by atoms with Gasteiger partial charge >= 0.3 is 0 Å². The van der Waals surface area contributed by atoms with Crippen LogP contribution in [0.5, 0.6) is 0 Å². The smallest absolute Gasteiger partial charge is 0.238 e. The van der Waals surface area contributed by atoms with Crippen LogP contribution in [0.4, 0.5) is 5.69 Å². The number of nitrogens with one attached hydrogen (secondary N) is 2. The third kappa shape index (κ3) is 3.73. The molecule has 0 aliphatic carbocycles. The van der Waals surface area contributed by atoms with E-state index >= 15 is 0 Å². The molecular weight excluding hydrogens is 350 g/mol. The van der Waals surface area contributed by atoms with Crippen LogP contribution in [0.3, 0.4) is 0 Å². The minimum atomic E-state index is -0.480. The Morgan fingerprint density at radius 2 is 2.25 bits per heavy atom. The minimum absolute atomic E-state index is 0.0806. The van der Waals surface area contributed by atoms with Crippen molar-refractivity contribution in [1.29, 1.82) is 0 Å². The second-order valence-electron chi connectivity index (χ2n) is 5.47. The number of nitrogens with zero attached hydrogens (tertiary/aromatic N) is 1. The van der Waals surface area contributed by atoms with Gasteiger partial charge in [0.1, 0.15) is 5.76 Å². The molecule has 1 unspecified atom stereocenters. The van der Waals surface area contributed by atoms with E-state index in [1.54, 1.807) is 12.1 Å². The van der Waals surface area contributed by atoms with Gasteiger partial charge in [0.15, 0.2) is 0 Å². The molecule has 0 bridgehead atoms. The molecule has 2 N–H and O–H groups in total. The van der Waals surface area contributed by atoms with Crippen LogP contribution in [0, 0.1) is 13.8 Å². The van der Waals surface area contributed by atoms with Gasteiger partial charge in [-0.05, 0) is 32.0 Å². The largest absolute Gasteiger partial charge is 0.444 e. The van der Waals surface area contributed by atoms with Crippen LogP contribution < -0.4 is 10.6 Å². The van der Waals surface area contributed by atoms with Crippen LogP contribution in [0.2, 0.25) is 5.02 Å². The molecule has 0 spiro atoms. The molecule has 6 nitrogen and oxygen atoms in total. The predicted molar refractivity (Wildman–Crippen MR) is 92.2 cm³/mol. The monoisotopic (exact) mass is 365 g/mol. The van der Waals surface area contributed by atoms with Crippen LogP contribution >= 0.6 is 23.4 Å². The highest BCUT2D eigenvalue weighted by Gasteiger charge is 2.29. The molecule has 1 aliphatic rings. The van der Waals surface area contributed by atoms with Crippen molar-refractivity contribution in [1.82, 2.24) is 10.3 Å². The van der Waals surface area contributed by atoms with Crippen molar-refractivity contribution in [2.45, 2.75) is 37.0 Å². The van der Waals surface area contributed by atoms with Crippen LogP contribution in [0.25, 0.3) is 0 Å². The Bertz CT molecular complexity index is 786. The van der Waals surface area contributed by atoms with Gasteiger partial charge in [-0.25, -0.2) is 4.98 Å². The van der Waals surface area contributed by atoms with Gasteiger partial charge in [0.25, 0.3) is 0 Å². The number of aryl methyl sites for hydroxylation is 2. The first-order valence-corrected chi connectivity index (χ1v) is 8.65. The number of oxazole rings is 1. The van der Waals surface area contributed by atoms with Crippen LogP contribution in [0.1, 0.15) is 23.8 Å². The van der Waals surface area contributed by atoms with Crippen molar-refractivity contribution < 1.29 is 14.0 Å². The van der Waals surface area contributed by atoms with E-state index in [1.807, 2.05) is 19.9 Å². The molecule has 0 radical (unpaired) electrons. The molecule has 3 rings (SSSR count). The third-order valence-corrected chi connectivity index (χ3v) is 5.15. The molecular formula is C16H16ClN3O3S. The van der Waals surface area contributed by atoms with Crippen molar-refractivity contribution >= 4 is 40.9 Å². The lowest BCUT2D eigenvalue weighted by Gasteiger charge is -2.23. The summed E-state index contributed by atoms with van der Waals surface area (Å²) < 4.78 is 5.41. The highest BCUT2D eigenvalue weighted by atomic mass is 35.5. The molecule has 2 aromatic rings. The second-order valence-corrected chi connectivity index (χ2v) is 7.15. The summed E-state index contributed by atoms with van der Waals surface area (Å²) in [6.45, 7) is 3.87. The summed E-state index contributed by atoms with van der Waals surface area (Å²) in [5.74, 6) is 0.761. The van der Waals surface area contributed by atoms with E-state index in [1.165, 1.54) is 11.8 Å². The van der Waals surface area contributed by atoms with Gasteiger partial charge in [-0.3, -0.25) is 9.59 Å². The second kappa shape index (κ2) is 6.86. The van der Waals surface area contributed by atoms with E-state index < -0.39 is 5.25 Å². The number of benzene rings is 1. The maximum atomic E-state index is 12.1. The quantitative estimate of drug-likeness (QED) is 0.869. The van der Waals surface area contributed by atoms with E-state index in [0.29, 0.717) is 16.6 Å². The van der Waals surface area contributed by atoms with E-state index in [0.717, 1.165) is 16.3 Å². The number of aromatic nitrogens is 1. The fourth-order valence-electron chi connectivity index (χ4n) is 2.29. The molecule has 1 aromatic carbocycles. The number of carbonyl (C=O) groups excluding carboxylic acids is 2. The standard InChI is InChI=1S/C16H16ClN3O3S/c1-8-9(2)23-15(19-8)7-18-14(21)6-13-16(22)20-11-5-10(17)3-4-12(11)24-13/h3-5,13H,6-7H2,1-2H3,(H,18,21)(H,20,22). The topological polar surface area (TPSA) is 84.2 Å². The minimum Gasteiger partial charge on any atom is -0.444 e. The van der Waals surface area contributed by atoms with Crippen molar-refractivity contribution in [3.05, 3.63) is 40.6 Å². The number of carbonyl (C=O) groups is 2. The Morgan fingerprint density at radius 1 is 1.46 bits per heavy atom. The third-order valence-electron chi connectivity index (χ3n) is 3.64. The molecule has 0 saturated carbocycles. The SMILES string of the molecule is Cc1nc(CNC(=O)CC2Sc3ccc(Cl)cc3NC2=O)oc1C. The molecule has 1 atom stereocenters. The lowest BCUT2D eigenvalue weighted by Crippen LogP contribution is -2.34. The highest BCUT2D eigenvalue weighted by molar-refractivity contribution is 8.01. The molecule has 2 amide bonds. The number of rotatable bonds is 4. The Kier molecular flexibility index (Phi) is 4.82. The fraction of sp³-hybridized carbons (Fsp3) is 0.312. The first-order chi connectivity index (χ1) is 11.4. The van der Waals surface area contributed by atoms with Gasteiger partial charge in [-0.15, -0.1) is 11.8 Å². The average Bonchev–Trinajstić information content (AvgIpc) is 2.85. The Hall–Kier alpha value is -1.99. The molecule has 0 saturated heterocycles. The van der Waals surface area contributed by atoms with Gasteiger partial charge in [0, 0.05) is 16.3 Å². The van der Waals surface area contributed by atoms with Crippen molar-refractivity contribution in [2.75, 3.05) is 5.32 Å². The van der Waals surface area contributed by atoms with Crippen molar-refractivity contribution in [3.63, 3.8) is 0 Å². The zero-order chi connectivity index (χ0) is 17.3. The van der Waals surface area contributed by atoms with Crippen molar-refractivity contribution in [3.8, 4) is 0 Å². The van der Waals surface area contributed by atoms with Gasteiger partial charge < -0.3 is 15.1 Å². The Labute approximate surface area is 148 Å². The summed E-state index contributed by atoms with van der Waals surface area (Å²) in [7, 11) is 0. The summed E-state index contributed by atoms with van der Waals surface area (Å²) in [6, 6.07) is 5.30. The number of hydrogen-bond donors (Lipinski definition) is 2. The molecule has 2 heterocycles. The summed E-state index contributed by atoms with van der Waals surface area (Å²) >= 11 is 7.28. The number of anilines is 1. The normalized spacial score (nSPS) is 16.5. The van der Waals surface area contributed by atoms with Gasteiger partial charge in [0.2, 0.25) is 17.7 Å². The first-order valence-electron chi connectivity index (χ1n) is 7.39.